The molecule has 0 saturated carbocycles. The van der Waals surface area contributed by atoms with Crippen LogP contribution in [0.5, 0.6) is 0 Å². The summed E-state index contributed by atoms with van der Waals surface area (Å²) < 4.78 is 31.7. The molecule has 1 aromatic heterocycles. The van der Waals surface area contributed by atoms with Crippen LogP contribution < -0.4 is 0 Å². The Bertz CT molecular complexity index is 588. The van der Waals surface area contributed by atoms with Crippen molar-refractivity contribution in [3.63, 3.8) is 0 Å². The first-order chi connectivity index (χ1) is 9.65. The monoisotopic (exact) mass is 278 g/mol. The Labute approximate surface area is 114 Å². The van der Waals surface area contributed by atoms with Gasteiger partial charge >= 0.3 is 0 Å². The lowest BCUT2D eigenvalue weighted by Gasteiger charge is -2.19. The van der Waals surface area contributed by atoms with Crippen LogP contribution in [0.3, 0.4) is 0 Å². The van der Waals surface area contributed by atoms with Crippen molar-refractivity contribution in [1.29, 1.82) is 5.26 Å². The predicted molar refractivity (Wildman–Crippen MR) is 65.7 cm³/mol. The Morgan fingerprint density at radius 1 is 1.30 bits per heavy atom. The van der Waals surface area contributed by atoms with Crippen LogP contribution >= 0.6 is 0 Å². The van der Waals surface area contributed by atoms with E-state index in [-0.39, 0.29) is 18.6 Å². The molecule has 0 bridgehead atoms. The maximum atomic E-state index is 13.3. The zero-order valence-corrected chi connectivity index (χ0v) is 10.5. The van der Waals surface area contributed by atoms with Gasteiger partial charge in [0, 0.05) is 18.6 Å². The van der Waals surface area contributed by atoms with E-state index in [0.29, 0.717) is 5.76 Å². The Balaban J connectivity index is 2.41. The number of nitriles is 1. The van der Waals surface area contributed by atoms with Gasteiger partial charge in [-0.05, 0) is 24.1 Å². The van der Waals surface area contributed by atoms with E-state index >= 15 is 0 Å². The number of halogens is 2. The molecule has 0 saturated heterocycles. The highest BCUT2D eigenvalue weighted by molar-refractivity contribution is 5.30. The van der Waals surface area contributed by atoms with Crippen molar-refractivity contribution in [1.82, 2.24) is 4.98 Å². The number of rotatable bonds is 5. The van der Waals surface area contributed by atoms with Crippen LogP contribution in [0.2, 0.25) is 0 Å². The van der Waals surface area contributed by atoms with Gasteiger partial charge in [0.05, 0.1) is 18.2 Å². The maximum Gasteiger partial charge on any atom is 0.180 e. The van der Waals surface area contributed by atoms with Crippen LogP contribution in [0, 0.1) is 23.0 Å². The molecule has 6 heteroatoms. The minimum absolute atomic E-state index is 0.179. The van der Waals surface area contributed by atoms with Crippen molar-refractivity contribution in [3.05, 3.63) is 53.7 Å². The Morgan fingerprint density at radius 2 is 2.00 bits per heavy atom. The Hall–Kier alpha value is -2.26. The second kappa shape index (κ2) is 6.26. The molecule has 2 rings (SSSR count). The molecule has 1 heterocycles. The molecule has 0 aliphatic heterocycles. The minimum atomic E-state index is -0.833. The molecule has 2 aromatic rings. The van der Waals surface area contributed by atoms with Gasteiger partial charge in [0.15, 0.2) is 6.39 Å². The van der Waals surface area contributed by atoms with Gasteiger partial charge in [0.25, 0.3) is 0 Å². The Kier molecular flexibility index (Phi) is 4.43. The summed E-state index contributed by atoms with van der Waals surface area (Å²) in [5.41, 5.74) is 0.208. The highest BCUT2D eigenvalue weighted by atomic mass is 19.1. The predicted octanol–water partition coefficient (Wildman–Crippen LogP) is 2.73. The molecule has 0 unspecified atom stereocenters. The average Bonchev–Trinajstić information content (AvgIpc) is 2.91. The highest BCUT2D eigenvalue weighted by Gasteiger charge is 2.27. The standard InChI is InChI=1S/C14H12F2N2O2/c15-10-3-9(4-11(16)5-10)13(6-17)12(1-2-19)14-7-18-8-20-14/h3-5,7-8,12-13,19H,1-2H2/t12-,13-/m0/s1. The van der Waals surface area contributed by atoms with Gasteiger partial charge in [-0.3, -0.25) is 0 Å². The number of aromatic nitrogens is 1. The number of benzene rings is 1. The summed E-state index contributed by atoms with van der Waals surface area (Å²) in [4.78, 5) is 3.76. The lowest BCUT2D eigenvalue weighted by molar-refractivity contribution is 0.262. The second-order valence-corrected chi connectivity index (χ2v) is 4.33. The second-order valence-electron chi connectivity index (χ2n) is 4.33. The Morgan fingerprint density at radius 3 is 2.50 bits per heavy atom. The van der Waals surface area contributed by atoms with E-state index in [1.165, 1.54) is 12.6 Å². The van der Waals surface area contributed by atoms with Crippen LogP contribution in [0.1, 0.15) is 29.6 Å². The summed E-state index contributed by atoms with van der Waals surface area (Å²) in [6.07, 6.45) is 2.87. The molecule has 0 aliphatic carbocycles. The van der Waals surface area contributed by atoms with Crippen LogP contribution in [-0.2, 0) is 0 Å². The number of hydrogen-bond donors (Lipinski definition) is 1. The lowest BCUT2D eigenvalue weighted by atomic mass is 9.83. The van der Waals surface area contributed by atoms with Gasteiger partial charge in [-0.1, -0.05) is 0 Å². The largest absolute Gasteiger partial charge is 0.448 e. The third-order valence-corrected chi connectivity index (χ3v) is 3.04. The van der Waals surface area contributed by atoms with Gasteiger partial charge in [-0.15, -0.1) is 0 Å². The SMILES string of the molecule is N#C[C@@H](c1cc(F)cc(F)c1)[C@H](CCO)c1cnco1. The zero-order valence-electron chi connectivity index (χ0n) is 10.5. The first kappa shape index (κ1) is 14.2. The van der Waals surface area contributed by atoms with E-state index in [2.05, 4.69) is 4.98 Å². The van der Waals surface area contributed by atoms with E-state index in [0.717, 1.165) is 18.2 Å². The van der Waals surface area contributed by atoms with Crippen LogP contribution in [0.4, 0.5) is 8.78 Å². The molecule has 0 spiro atoms. The van der Waals surface area contributed by atoms with E-state index in [4.69, 9.17) is 9.52 Å². The molecule has 20 heavy (non-hydrogen) atoms. The molecular weight excluding hydrogens is 266 g/mol. The van der Waals surface area contributed by atoms with Crippen molar-refractivity contribution >= 4 is 0 Å². The van der Waals surface area contributed by atoms with Crippen molar-refractivity contribution in [3.8, 4) is 6.07 Å². The fourth-order valence-corrected chi connectivity index (χ4v) is 2.17. The summed E-state index contributed by atoms with van der Waals surface area (Å²) >= 11 is 0. The molecule has 0 amide bonds. The number of aliphatic hydroxyl groups is 1. The number of aliphatic hydroxyl groups excluding tert-OH is 1. The van der Waals surface area contributed by atoms with Gasteiger partial charge < -0.3 is 9.52 Å². The van der Waals surface area contributed by atoms with Crippen molar-refractivity contribution < 1.29 is 18.3 Å². The average molecular weight is 278 g/mol. The van der Waals surface area contributed by atoms with Gasteiger partial charge in [0.2, 0.25) is 0 Å². The summed E-state index contributed by atoms with van der Waals surface area (Å²) in [5.74, 6) is -2.45. The molecule has 4 nitrogen and oxygen atoms in total. The lowest BCUT2D eigenvalue weighted by Crippen LogP contribution is -2.12. The molecular formula is C14H12F2N2O2. The van der Waals surface area contributed by atoms with E-state index in [1.807, 2.05) is 6.07 Å². The summed E-state index contributed by atoms with van der Waals surface area (Å²) in [7, 11) is 0. The molecule has 1 N–H and O–H groups in total. The smallest absolute Gasteiger partial charge is 0.180 e. The maximum absolute atomic E-state index is 13.3. The zero-order chi connectivity index (χ0) is 14.5. The molecule has 0 fully saturated rings. The van der Waals surface area contributed by atoms with Gasteiger partial charge in [0.1, 0.15) is 17.4 Å². The molecule has 104 valence electrons. The third kappa shape index (κ3) is 3.00. The summed E-state index contributed by atoms with van der Waals surface area (Å²) in [6, 6.07) is 4.97. The number of hydrogen-bond acceptors (Lipinski definition) is 4. The first-order valence-corrected chi connectivity index (χ1v) is 6.00. The van der Waals surface area contributed by atoms with Crippen molar-refractivity contribution in [2.75, 3.05) is 6.61 Å². The fourth-order valence-electron chi connectivity index (χ4n) is 2.17. The summed E-state index contributed by atoms with van der Waals surface area (Å²) in [6.45, 7) is -0.179. The molecule has 0 radical (unpaired) electrons. The normalized spacial score (nSPS) is 13.7. The fraction of sp³-hybridized carbons (Fsp3) is 0.286. The molecule has 1 aromatic carbocycles. The van der Waals surface area contributed by atoms with Gasteiger partial charge in [-0.2, -0.15) is 5.26 Å². The number of oxazole rings is 1. The van der Waals surface area contributed by atoms with Gasteiger partial charge in [-0.25, -0.2) is 13.8 Å². The topological polar surface area (TPSA) is 70.0 Å². The molecule has 2 atom stereocenters. The third-order valence-electron chi connectivity index (χ3n) is 3.04. The molecule has 0 aliphatic rings. The van der Waals surface area contributed by atoms with E-state index in [1.54, 1.807) is 0 Å². The van der Waals surface area contributed by atoms with E-state index in [9.17, 15) is 14.0 Å². The van der Waals surface area contributed by atoms with Crippen LogP contribution in [-0.4, -0.2) is 16.7 Å². The van der Waals surface area contributed by atoms with E-state index < -0.39 is 23.5 Å². The minimum Gasteiger partial charge on any atom is -0.448 e. The highest BCUT2D eigenvalue weighted by Crippen LogP contribution is 2.35. The number of nitrogens with zero attached hydrogens (tertiary/aromatic N) is 2. The summed E-state index contributed by atoms with van der Waals surface area (Å²) in [5, 5.41) is 18.4. The van der Waals surface area contributed by atoms with Crippen LogP contribution in [0.25, 0.3) is 0 Å². The quantitative estimate of drug-likeness (QED) is 0.912. The van der Waals surface area contributed by atoms with Crippen molar-refractivity contribution in [2.24, 2.45) is 0 Å². The first-order valence-electron chi connectivity index (χ1n) is 6.00. The van der Waals surface area contributed by atoms with Crippen LogP contribution in [0.15, 0.2) is 35.2 Å². The van der Waals surface area contributed by atoms with Crippen molar-refractivity contribution in [2.45, 2.75) is 18.3 Å².